The maximum absolute atomic E-state index is 4.56. The lowest BCUT2D eigenvalue weighted by molar-refractivity contribution is 0.857. The molecule has 0 saturated carbocycles. The molecule has 0 saturated heterocycles. The van der Waals surface area contributed by atoms with Crippen LogP contribution in [0.1, 0.15) is 30.5 Å². The minimum Gasteiger partial charge on any atom is -0.269 e. The fraction of sp³-hybridized carbons (Fsp3) is 0.217. The number of aryl methyl sites for hydroxylation is 2. The first kappa shape index (κ1) is 19.3. The zero-order valence-corrected chi connectivity index (χ0v) is 17.4. The molecule has 3 aromatic heterocycles. The van der Waals surface area contributed by atoms with Crippen LogP contribution in [0.15, 0.2) is 72.4 Å². The Labute approximate surface area is 175 Å². The maximum Gasteiger partial charge on any atom is 0.196 e. The number of hydrogen-bond donors (Lipinski definition) is 0. The second-order valence-corrected chi connectivity index (χ2v) is 7.61. The van der Waals surface area contributed by atoms with E-state index in [2.05, 4.69) is 62.8 Å². The highest BCUT2D eigenvalue weighted by molar-refractivity contribution is 7.98. The molecule has 5 nitrogen and oxygen atoms in total. The summed E-state index contributed by atoms with van der Waals surface area (Å²) in [5, 5.41) is 10.0. The van der Waals surface area contributed by atoms with Gasteiger partial charge in [0.2, 0.25) is 0 Å². The van der Waals surface area contributed by atoms with Gasteiger partial charge in [-0.15, -0.1) is 10.2 Å². The lowest BCUT2D eigenvalue weighted by Gasteiger charge is -2.18. The summed E-state index contributed by atoms with van der Waals surface area (Å²) < 4.78 is 2.20. The average Bonchev–Trinajstić information content (AvgIpc) is 3.21. The lowest BCUT2D eigenvalue weighted by Crippen LogP contribution is -2.07. The van der Waals surface area contributed by atoms with Gasteiger partial charge in [0.15, 0.2) is 11.0 Å². The van der Waals surface area contributed by atoms with E-state index in [1.807, 2.05) is 30.6 Å². The van der Waals surface area contributed by atoms with Gasteiger partial charge >= 0.3 is 0 Å². The van der Waals surface area contributed by atoms with Gasteiger partial charge < -0.3 is 0 Å². The topological polar surface area (TPSA) is 56.5 Å². The third-order valence-corrected chi connectivity index (χ3v) is 5.83. The minimum atomic E-state index is 0.786. The van der Waals surface area contributed by atoms with Gasteiger partial charge in [-0.2, -0.15) is 0 Å². The molecule has 0 fully saturated rings. The molecular weight excluding hydrogens is 378 g/mol. The normalized spacial score (nSPS) is 11.0. The molecule has 0 bridgehead atoms. The molecule has 0 N–H and O–H groups in total. The van der Waals surface area contributed by atoms with Crippen LogP contribution < -0.4 is 0 Å². The van der Waals surface area contributed by atoms with Crippen LogP contribution in [0.5, 0.6) is 0 Å². The molecule has 0 radical (unpaired) electrons. The predicted molar refractivity (Wildman–Crippen MR) is 117 cm³/mol. The van der Waals surface area contributed by atoms with E-state index in [1.54, 1.807) is 24.2 Å². The average molecular weight is 402 g/mol. The Bertz CT molecular complexity index is 1050. The van der Waals surface area contributed by atoms with Crippen LogP contribution in [0, 0.1) is 0 Å². The molecule has 0 amide bonds. The largest absolute Gasteiger partial charge is 0.269 e. The van der Waals surface area contributed by atoms with Crippen molar-refractivity contribution in [1.29, 1.82) is 0 Å². The molecule has 3 heterocycles. The van der Waals surface area contributed by atoms with Gasteiger partial charge in [0.1, 0.15) is 0 Å². The van der Waals surface area contributed by atoms with Gasteiger partial charge in [0.05, 0.1) is 5.69 Å². The molecule has 4 aromatic rings. The van der Waals surface area contributed by atoms with Crippen LogP contribution in [0.4, 0.5) is 0 Å². The van der Waals surface area contributed by atoms with Crippen LogP contribution in [-0.2, 0) is 18.6 Å². The highest BCUT2D eigenvalue weighted by Gasteiger charge is 2.20. The number of rotatable bonds is 7. The first-order chi connectivity index (χ1) is 14.3. The molecule has 0 unspecified atom stereocenters. The molecule has 146 valence electrons. The molecule has 29 heavy (non-hydrogen) atoms. The van der Waals surface area contributed by atoms with Crippen LogP contribution in [0.25, 0.3) is 17.1 Å². The number of pyridine rings is 2. The smallest absolute Gasteiger partial charge is 0.196 e. The molecule has 4 rings (SSSR count). The van der Waals surface area contributed by atoms with Crippen molar-refractivity contribution in [3.05, 3.63) is 83.9 Å². The van der Waals surface area contributed by atoms with Crippen molar-refractivity contribution >= 4 is 11.8 Å². The van der Waals surface area contributed by atoms with E-state index in [1.165, 1.54) is 16.8 Å². The van der Waals surface area contributed by atoms with Gasteiger partial charge in [-0.25, -0.2) is 0 Å². The second-order valence-electron chi connectivity index (χ2n) is 6.67. The van der Waals surface area contributed by atoms with Crippen molar-refractivity contribution in [3.8, 4) is 17.1 Å². The summed E-state index contributed by atoms with van der Waals surface area (Å²) in [5.74, 6) is 1.61. The molecule has 0 aliphatic rings. The Balaban J connectivity index is 1.85. The molecular formula is C23H23N5S. The Morgan fingerprint density at radius 1 is 0.828 bits per heavy atom. The number of hydrogen-bond acceptors (Lipinski definition) is 5. The monoisotopic (exact) mass is 401 g/mol. The van der Waals surface area contributed by atoms with Crippen LogP contribution in [0.3, 0.4) is 0 Å². The van der Waals surface area contributed by atoms with Crippen molar-refractivity contribution in [2.45, 2.75) is 37.6 Å². The summed E-state index contributed by atoms with van der Waals surface area (Å²) in [7, 11) is 0. The highest BCUT2D eigenvalue weighted by atomic mass is 32.2. The highest BCUT2D eigenvalue weighted by Crippen LogP contribution is 2.33. The maximum atomic E-state index is 4.56. The number of nitrogens with zero attached hydrogens (tertiary/aromatic N) is 5. The van der Waals surface area contributed by atoms with E-state index in [4.69, 9.17) is 0 Å². The number of para-hydroxylation sites is 1. The SMILES string of the molecule is CCc1cccc(CC)c1-n1c(SCc2cccnc2)nnc1-c1cccnc1. The third kappa shape index (κ3) is 4.07. The minimum absolute atomic E-state index is 0.786. The zero-order valence-electron chi connectivity index (χ0n) is 16.6. The van der Waals surface area contributed by atoms with E-state index in [9.17, 15) is 0 Å². The Morgan fingerprint density at radius 3 is 2.17 bits per heavy atom. The van der Waals surface area contributed by atoms with Crippen LogP contribution >= 0.6 is 11.8 Å². The first-order valence-corrected chi connectivity index (χ1v) is 10.8. The number of aromatic nitrogens is 5. The summed E-state index contributed by atoms with van der Waals surface area (Å²) in [5.41, 5.74) is 5.89. The van der Waals surface area contributed by atoms with E-state index < -0.39 is 0 Å². The zero-order chi connectivity index (χ0) is 20.1. The predicted octanol–water partition coefficient (Wildman–Crippen LogP) is 5.14. The summed E-state index contributed by atoms with van der Waals surface area (Å²) in [6.07, 6.45) is 9.20. The van der Waals surface area contributed by atoms with Crippen molar-refractivity contribution in [1.82, 2.24) is 24.7 Å². The molecule has 0 atom stereocenters. The summed E-state index contributed by atoms with van der Waals surface area (Å²) >= 11 is 1.68. The van der Waals surface area contributed by atoms with Gasteiger partial charge in [-0.1, -0.05) is 49.9 Å². The van der Waals surface area contributed by atoms with Gasteiger partial charge in [0.25, 0.3) is 0 Å². The van der Waals surface area contributed by atoms with E-state index in [0.29, 0.717) is 0 Å². The fourth-order valence-corrected chi connectivity index (χ4v) is 4.25. The van der Waals surface area contributed by atoms with E-state index in [-0.39, 0.29) is 0 Å². The van der Waals surface area contributed by atoms with Gasteiger partial charge in [0, 0.05) is 36.1 Å². The Hall–Kier alpha value is -2.99. The molecule has 0 spiro atoms. The van der Waals surface area contributed by atoms with Crippen LogP contribution in [0.2, 0.25) is 0 Å². The van der Waals surface area contributed by atoms with Crippen molar-refractivity contribution in [2.75, 3.05) is 0 Å². The number of thioether (sulfide) groups is 1. The molecule has 0 aliphatic carbocycles. The van der Waals surface area contributed by atoms with E-state index >= 15 is 0 Å². The summed E-state index contributed by atoms with van der Waals surface area (Å²) in [6.45, 7) is 4.38. The second kappa shape index (κ2) is 9.01. The molecule has 1 aromatic carbocycles. The van der Waals surface area contributed by atoms with Crippen molar-refractivity contribution < 1.29 is 0 Å². The lowest BCUT2D eigenvalue weighted by atomic mass is 10.0. The van der Waals surface area contributed by atoms with Gasteiger partial charge in [-0.05, 0) is 47.7 Å². The fourth-order valence-electron chi connectivity index (χ4n) is 3.38. The standard InChI is InChI=1S/C23H23N5S/c1-3-18-9-5-10-19(4-2)21(18)28-22(20-11-7-13-25-15-20)26-27-23(28)29-16-17-8-6-12-24-14-17/h5-15H,3-4,16H2,1-2H3. The van der Waals surface area contributed by atoms with Crippen molar-refractivity contribution in [2.24, 2.45) is 0 Å². The van der Waals surface area contributed by atoms with Crippen LogP contribution in [-0.4, -0.2) is 24.7 Å². The summed E-state index contributed by atoms with van der Waals surface area (Å²) in [4.78, 5) is 8.51. The molecule has 0 aliphatic heterocycles. The summed E-state index contributed by atoms with van der Waals surface area (Å²) in [6, 6.07) is 14.5. The quantitative estimate of drug-likeness (QED) is 0.401. The van der Waals surface area contributed by atoms with Gasteiger partial charge in [-0.3, -0.25) is 14.5 Å². The Kier molecular flexibility index (Phi) is 6.00. The number of benzene rings is 1. The first-order valence-electron chi connectivity index (χ1n) is 9.80. The molecule has 6 heteroatoms. The van der Waals surface area contributed by atoms with Crippen molar-refractivity contribution in [3.63, 3.8) is 0 Å². The third-order valence-electron chi connectivity index (χ3n) is 4.83. The Morgan fingerprint density at radius 2 is 1.55 bits per heavy atom. The van der Waals surface area contributed by atoms with E-state index in [0.717, 1.165) is 40.7 Å².